The molecule has 16 heteroatoms. The zero-order valence-electron chi connectivity index (χ0n) is 28.9. The Balaban J connectivity index is 1.35. The second kappa shape index (κ2) is 23.4. The quantitative estimate of drug-likeness (QED) is 0.158. The predicted molar refractivity (Wildman–Crippen MR) is 227 cm³/mol. The molecule has 0 saturated carbocycles. The van der Waals surface area contributed by atoms with Crippen LogP contribution in [0.5, 0.6) is 0 Å². The summed E-state index contributed by atoms with van der Waals surface area (Å²) in [4.78, 5) is 39.8. The second-order valence-corrected chi connectivity index (χ2v) is 21.3. The Bertz CT molecular complexity index is 921. The summed E-state index contributed by atoms with van der Waals surface area (Å²) in [7, 11) is 8.03. The smallest absolute Gasteiger partial charge is 0.281 e. The van der Waals surface area contributed by atoms with Crippen LogP contribution >= 0.6 is 93.1 Å². The molecule has 2 amide bonds. The monoisotopic (exact) mass is 812 g/mol. The maximum Gasteiger partial charge on any atom is 0.281 e. The van der Waals surface area contributed by atoms with Crippen LogP contribution in [0.1, 0.15) is 51.4 Å². The van der Waals surface area contributed by atoms with Crippen molar-refractivity contribution < 1.29 is 9.59 Å². The summed E-state index contributed by atoms with van der Waals surface area (Å²) in [5.74, 6) is 3.29. The van der Waals surface area contributed by atoms with Crippen molar-refractivity contribution in [2.24, 2.45) is 0 Å². The summed E-state index contributed by atoms with van der Waals surface area (Å²) in [6.07, 6.45) is 10.0. The zero-order valence-corrected chi connectivity index (χ0v) is 35.4. The van der Waals surface area contributed by atoms with E-state index < -0.39 is 0 Å². The van der Waals surface area contributed by atoms with E-state index in [1.54, 1.807) is 23.5 Å². The number of thioether (sulfide) groups is 4. The molecule has 0 N–H and O–H groups in total. The summed E-state index contributed by atoms with van der Waals surface area (Å²) in [5.41, 5.74) is 0. The minimum Gasteiger partial charge on any atom is -0.358 e. The van der Waals surface area contributed by atoms with Gasteiger partial charge in [0.2, 0.25) is 0 Å². The van der Waals surface area contributed by atoms with Crippen molar-refractivity contribution in [1.29, 1.82) is 0 Å². The minimum absolute atomic E-state index is 0.196. The van der Waals surface area contributed by atoms with E-state index in [1.807, 2.05) is 31.4 Å². The summed E-state index contributed by atoms with van der Waals surface area (Å²) in [6.45, 7) is 11.2. The molecule has 2 atom stereocenters. The SMILES string of the molecule is CN1CCN(C(=O)SCC(CSC(=S)N2CCCCCC2)SSC(CSC(=O)N2CCN(C)CC2)CSC(=S)N2CCCCCC2)CC1. The molecule has 2 unspecified atom stereocenters. The van der Waals surface area contributed by atoms with Crippen molar-refractivity contribution in [3.05, 3.63) is 0 Å². The lowest BCUT2D eigenvalue weighted by Crippen LogP contribution is -2.46. The van der Waals surface area contributed by atoms with E-state index in [-0.39, 0.29) is 21.0 Å². The van der Waals surface area contributed by atoms with Gasteiger partial charge in [0.1, 0.15) is 8.64 Å². The molecule has 274 valence electrons. The third-order valence-electron chi connectivity index (χ3n) is 9.15. The van der Waals surface area contributed by atoms with Crippen LogP contribution in [0.2, 0.25) is 0 Å². The Morgan fingerprint density at radius 3 is 1.10 bits per heavy atom. The summed E-state index contributed by atoms with van der Waals surface area (Å²) in [5, 5.41) is 0.911. The van der Waals surface area contributed by atoms with E-state index >= 15 is 0 Å². The highest BCUT2D eigenvalue weighted by molar-refractivity contribution is 8.77. The van der Waals surface area contributed by atoms with Crippen LogP contribution in [0.4, 0.5) is 9.59 Å². The van der Waals surface area contributed by atoms with Gasteiger partial charge >= 0.3 is 0 Å². The van der Waals surface area contributed by atoms with Crippen molar-refractivity contribution >= 4 is 112 Å². The van der Waals surface area contributed by atoms with E-state index in [1.165, 1.54) is 74.9 Å². The molecular weight excluding hydrogens is 757 g/mol. The second-order valence-electron chi connectivity index (χ2n) is 13.1. The molecule has 48 heavy (non-hydrogen) atoms. The van der Waals surface area contributed by atoms with Gasteiger partial charge in [-0.05, 0) is 39.8 Å². The van der Waals surface area contributed by atoms with Crippen LogP contribution in [0.3, 0.4) is 0 Å². The van der Waals surface area contributed by atoms with Gasteiger partial charge in [-0.1, -0.05) is 119 Å². The fourth-order valence-electron chi connectivity index (χ4n) is 5.87. The van der Waals surface area contributed by atoms with Crippen LogP contribution in [-0.2, 0) is 0 Å². The van der Waals surface area contributed by atoms with Crippen LogP contribution in [0.25, 0.3) is 0 Å². The van der Waals surface area contributed by atoms with E-state index in [4.69, 9.17) is 24.4 Å². The topological polar surface area (TPSA) is 53.6 Å². The number of likely N-dealkylation sites (N-methyl/N-ethyl adjacent to an activating group) is 2. The average Bonchev–Trinajstić information content (AvgIpc) is 3.55. The molecule has 4 heterocycles. The van der Waals surface area contributed by atoms with Crippen LogP contribution in [0, 0.1) is 0 Å². The van der Waals surface area contributed by atoms with Crippen molar-refractivity contribution in [1.82, 2.24) is 29.4 Å². The number of nitrogens with zero attached hydrogens (tertiary/aromatic N) is 6. The Hall–Kier alpha value is 0.740. The molecule has 4 fully saturated rings. The Labute approximate surface area is 326 Å². The van der Waals surface area contributed by atoms with Gasteiger partial charge in [-0.2, -0.15) is 0 Å². The van der Waals surface area contributed by atoms with E-state index in [9.17, 15) is 9.59 Å². The Morgan fingerprint density at radius 2 is 0.771 bits per heavy atom. The third kappa shape index (κ3) is 15.4. The number of carbonyl (C=O) groups excluding carboxylic acids is 2. The highest BCUT2D eigenvalue weighted by Crippen LogP contribution is 2.38. The largest absolute Gasteiger partial charge is 0.358 e. The van der Waals surface area contributed by atoms with Crippen molar-refractivity contribution in [3.8, 4) is 0 Å². The standard InChI is InChI=1S/C32H56N6O2S8/c1-33-15-19-35(20-16-33)29(39)43-23-27(25-45-31(41)37-11-7-3-4-8-12-37)47-48-28(24-44-30(40)36-21-17-34(2)18-22-36)26-46-32(42)38-13-9-5-6-10-14-38/h27-28H,3-26H2,1-2H3. The first kappa shape index (κ1) is 41.5. The zero-order chi connectivity index (χ0) is 34.1. The molecule has 0 aromatic carbocycles. The fraction of sp³-hybridized carbons (Fsp3) is 0.875. The molecule has 0 aromatic heterocycles. The normalized spacial score (nSPS) is 21.8. The van der Waals surface area contributed by atoms with Crippen molar-refractivity contribution in [3.63, 3.8) is 0 Å². The van der Waals surface area contributed by atoms with Gasteiger partial charge in [-0.3, -0.25) is 9.59 Å². The lowest BCUT2D eigenvalue weighted by atomic mass is 10.2. The number of carbonyl (C=O) groups is 2. The van der Waals surface area contributed by atoms with E-state index in [0.717, 1.165) is 110 Å². The molecule has 0 bridgehead atoms. The number of hydrogen-bond donors (Lipinski definition) is 0. The lowest BCUT2D eigenvalue weighted by Gasteiger charge is -2.32. The highest BCUT2D eigenvalue weighted by Gasteiger charge is 2.26. The first-order chi connectivity index (χ1) is 23.3. The van der Waals surface area contributed by atoms with Gasteiger partial charge in [0.25, 0.3) is 10.5 Å². The van der Waals surface area contributed by atoms with E-state index in [0.29, 0.717) is 0 Å². The average molecular weight is 813 g/mol. The van der Waals surface area contributed by atoms with Crippen molar-refractivity contribution in [2.45, 2.75) is 61.9 Å². The van der Waals surface area contributed by atoms with Crippen LogP contribution < -0.4 is 0 Å². The van der Waals surface area contributed by atoms with E-state index in [2.05, 4.69) is 33.7 Å². The molecule has 0 radical (unpaired) electrons. The van der Waals surface area contributed by atoms with Crippen LogP contribution in [0.15, 0.2) is 0 Å². The van der Waals surface area contributed by atoms with Gasteiger partial charge in [-0.25, -0.2) is 0 Å². The van der Waals surface area contributed by atoms with Crippen molar-refractivity contribution in [2.75, 3.05) is 116 Å². The van der Waals surface area contributed by atoms with Gasteiger partial charge in [-0.15, -0.1) is 0 Å². The minimum atomic E-state index is 0.196. The number of hydrogen-bond acceptors (Lipinski definition) is 12. The van der Waals surface area contributed by atoms with Gasteiger partial charge < -0.3 is 29.4 Å². The number of piperazine rings is 2. The highest BCUT2D eigenvalue weighted by atomic mass is 33.1. The van der Waals surface area contributed by atoms with Crippen LogP contribution in [-0.4, -0.2) is 175 Å². The molecule has 4 rings (SSSR count). The molecular formula is C32H56N6O2S8. The Morgan fingerprint density at radius 1 is 0.458 bits per heavy atom. The number of rotatable bonds is 11. The maximum absolute atomic E-state index is 13.2. The number of thiocarbonyl (C=S) groups is 2. The Kier molecular flexibility index (Phi) is 20.2. The first-order valence-corrected chi connectivity index (χ1v) is 24.7. The molecule has 4 aliphatic rings. The summed E-state index contributed by atoms with van der Waals surface area (Å²) >= 11 is 18.4. The summed E-state index contributed by atoms with van der Waals surface area (Å²) in [6, 6.07) is 0. The fourth-order valence-corrected chi connectivity index (χ4v) is 15.2. The number of likely N-dealkylation sites (tertiary alicyclic amines) is 2. The van der Waals surface area contributed by atoms with Gasteiger partial charge in [0.15, 0.2) is 0 Å². The van der Waals surface area contributed by atoms with Gasteiger partial charge in [0, 0.05) is 112 Å². The molecule has 4 aliphatic heterocycles. The molecule has 0 aromatic rings. The lowest BCUT2D eigenvalue weighted by molar-refractivity contribution is 0.172. The maximum atomic E-state index is 13.2. The molecule has 4 saturated heterocycles. The summed E-state index contributed by atoms with van der Waals surface area (Å²) < 4.78 is 2.01. The molecule has 8 nitrogen and oxygen atoms in total. The molecule has 0 aliphatic carbocycles. The molecule has 0 spiro atoms. The first-order valence-electron chi connectivity index (χ1n) is 17.6. The predicted octanol–water partition coefficient (Wildman–Crippen LogP) is 7.09. The number of amides is 2. The van der Waals surface area contributed by atoms with Gasteiger partial charge in [0.05, 0.1) is 0 Å². The third-order valence-corrected chi connectivity index (χ3v) is 18.8.